The third-order valence-corrected chi connectivity index (χ3v) is 6.42. The fourth-order valence-corrected chi connectivity index (χ4v) is 4.51. The first-order chi connectivity index (χ1) is 18.0. The van der Waals surface area contributed by atoms with Crippen molar-refractivity contribution in [3.05, 3.63) is 58.7 Å². The molecule has 2 unspecified atom stereocenters. The van der Waals surface area contributed by atoms with Gasteiger partial charge in [0.05, 0.1) is 30.9 Å². The average Bonchev–Trinajstić information content (AvgIpc) is 2.84. The minimum atomic E-state index is -1.16. The average molecular weight is 530 g/mol. The quantitative estimate of drug-likeness (QED) is 0.206. The molecule has 2 atom stereocenters. The summed E-state index contributed by atoms with van der Waals surface area (Å²) in [6.45, 7) is 11.5. The number of carbonyl (C=O) groups is 1. The number of aromatic nitrogens is 1. The van der Waals surface area contributed by atoms with Gasteiger partial charge in [0.2, 0.25) is 0 Å². The van der Waals surface area contributed by atoms with Crippen LogP contribution in [0.5, 0.6) is 0 Å². The van der Waals surface area contributed by atoms with Crippen LogP contribution >= 0.6 is 0 Å². The molecular weight excluding hydrogens is 485 g/mol. The minimum Gasteiger partial charge on any atom is -0.481 e. The third-order valence-electron chi connectivity index (χ3n) is 6.42. The molecular formula is C31H44FNO5. The molecule has 7 heteroatoms. The number of rotatable bonds is 16. The summed E-state index contributed by atoms with van der Waals surface area (Å²) in [6.07, 6.45) is 5.02. The molecule has 0 saturated carbocycles. The Hall–Kier alpha value is -2.61. The second kappa shape index (κ2) is 15.7. The number of carboxylic acids is 1. The Balaban J connectivity index is 2.60. The van der Waals surface area contributed by atoms with Gasteiger partial charge in [0.15, 0.2) is 0 Å². The fraction of sp³-hybridized carbons (Fsp3) is 0.548. The highest BCUT2D eigenvalue weighted by atomic mass is 19.1. The monoisotopic (exact) mass is 529 g/mol. The molecule has 0 fully saturated rings. The molecule has 2 rings (SSSR count). The van der Waals surface area contributed by atoms with Crippen molar-refractivity contribution in [2.75, 3.05) is 6.61 Å². The first kappa shape index (κ1) is 31.6. The zero-order chi connectivity index (χ0) is 28.2. The minimum absolute atomic E-state index is 0.0603. The third kappa shape index (κ3) is 9.61. The molecule has 6 nitrogen and oxygen atoms in total. The van der Waals surface area contributed by atoms with Crippen LogP contribution < -0.4 is 0 Å². The summed E-state index contributed by atoms with van der Waals surface area (Å²) in [4.78, 5) is 16.0. The number of aliphatic hydroxyl groups is 2. The van der Waals surface area contributed by atoms with Gasteiger partial charge in [0.1, 0.15) is 5.82 Å². The summed E-state index contributed by atoms with van der Waals surface area (Å²) in [6, 6.07) is 6.35. The van der Waals surface area contributed by atoms with Crippen molar-refractivity contribution < 1.29 is 29.2 Å². The SMILES string of the molecule is CCCCCCOCc1c(C(C)C)nc(C(C)C)c(/C=C/C(O)CC(O)CC(=O)O)c1-c1ccc(F)cc1. The van der Waals surface area contributed by atoms with E-state index in [0.717, 1.165) is 52.9 Å². The van der Waals surface area contributed by atoms with E-state index >= 15 is 0 Å². The Morgan fingerprint density at radius 2 is 1.68 bits per heavy atom. The number of carboxylic acid groups (broad SMARTS) is 1. The maximum absolute atomic E-state index is 13.9. The van der Waals surface area contributed by atoms with Crippen molar-refractivity contribution in [2.24, 2.45) is 0 Å². The maximum Gasteiger partial charge on any atom is 0.305 e. The van der Waals surface area contributed by atoms with Crippen LogP contribution in [0.1, 0.15) is 107 Å². The second-order valence-electron chi connectivity index (χ2n) is 10.5. The molecule has 0 saturated heterocycles. The lowest BCUT2D eigenvalue weighted by atomic mass is 9.87. The Labute approximate surface area is 226 Å². The topological polar surface area (TPSA) is 99.9 Å². The fourth-order valence-electron chi connectivity index (χ4n) is 4.51. The van der Waals surface area contributed by atoms with Gasteiger partial charge in [-0.05, 0) is 41.5 Å². The molecule has 0 aliphatic carbocycles. The van der Waals surface area contributed by atoms with E-state index in [1.54, 1.807) is 24.3 Å². The molecule has 3 N–H and O–H groups in total. The van der Waals surface area contributed by atoms with Crippen LogP contribution in [-0.2, 0) is 16.1 Å². The van der Waals surface area contributed by atoms with Gasteiger partial charge in [0.25, 0.3) is 0 Å². The van der Waals surface area contributed by atoms with E-state index in [1.165, 1.54) is 18.6 Å². The number of halogens is 1. The van der Waals surface area contributed by atoms with Gasteiger partial charge in [-0.2, -0.15) is 0 Å². The van der Waals surface area contributed by atoms with E-state index in [4.69, 9.17) is 14.8 Å². The lowest BCUT2D eigenvalue weighted by Gasteiger charge is -2.24. The van der Waals surface area contributed by atoms with Crippen LogP contribution in [0.15, 0.2) is 30.3 Å². The Morgan fingerprint density at radius 3 is 2.26 bits per heavy atom. The number of hydrogen-bond acceptors (Lipinski definition) is 5. The van der Waals surface area contributed by atoms with Crippen LogP contribution in [0.4, 0.5) is 4.39 Å². The normalized spacial score (nSPS) is 13.5. The van der Waals surface area contributed by atoms with Gasteiger partial charge in [-0.15, -0.1) is 0 Å². The van der Waals surface area contributed by atoms with E-state index in [9.17, 15) is 19.4 Å². The summed E-state index contributed by atoms with van der Waals surface area (Å²) in [5, 5.41) is 29.4. The highest BCUT2D eigenvalue weighted by molar-refractivity contribution is 5.80. The molecule has 0 aliphatic rings. The summed E-state index contributed by atoms with van der Waals surface area (Å²) in [5.41, 5.74) is 5.21. The molecule has 38 heavy (non-hydrogen) atoms. The molecule has 0 amide bonds. The standard InChI is InChI=1S/C31H44FNO5/c1-6-7-8-9-16-38-19-27-29(22-10-12-23(32)13-11-22)26(30(20(2)3)33-31(27)21(4)5)15-14-24(34)17-25(35)18-28(36)37/h10-15,20-21,24-25,34-35H,6-9,16-19H2,1-5H3,(H,36,37)/b15-14+. The van der Waals surface area contributed by atoms with Crippen molar-refractivity contribution in [3.8, 4) is 11.1 Å². The molecule has 1 aromatic carbocycles. The van der Waals surface area contributed by atoms with Gasteiger partial charge < -0.3 is 20.1 Å². The molecule has 0 aliphatic heterocycles. The van der Waals surface area contributed by atoms with Gasteiger partial charge >= 0.3 is 5.97 Å². The molecule has 0 spiro atoms. The highest BCUT2D eigenvalue weighted by Gasteiger charge is 2.23. The number of unbranched alkanes of at least 4 members (excludes halogenated alkanes) is 3. The Bertz CT molecular complexity index is 1050. The van der Waals surface area contributed by atoms with Crippen molar-refractivity contribution in [3.63, 3.8) is 0 Å². The molecule has 0 bridgehead atoms. The van der Waals surface area contributed by atoms with E-state index in [2.05, 4.69) is 34.6 Å². The van der Waals surface area contributed by atoms with Gasteiger partial charge in [0, 0.05) is 29.8 Å². The lowest BCUT2D eigenvalue weighted by Crippen LogP contribution is -2.19. The van der Waals surface area contributed by atoms with Gasteiger partial charge in [-0.1, -0.05) is 78.2 Å². The number of aliphatic carboxylic acids is 1. The Morgan fingerprint density at radius 1 is 1.03 bits per heavy atom. The number of hydrogen-bond donors (Lipinski definition) is 3. The predicted octanol–water partition coefficient (Wildman–Crippen LogP) is 6.83. The molecule has 0 radical (unpaired) electrons. The van der Waals surface area contributed by atoms with E-state index in [1.807, 2.05) is 0 Å². The number of aliphatic hydroxyl groups excluding tert-OH is 2. The van der Waals surface area contributed by atoms with Crippen molar-refractivity contribution >= 4 is 12.0 Å². The van der Waals surface area contributed by atoms with Gasteiger partial charge in [-0.25, -0.2) is 4.39 Å². The summed E-state index contributed by atoms with van der Waals surface area (Å²) < 4.78 is 20.0. The number of ether oxygens (including phenoxy) is 1. The Kier molecular flexibility index (Phi) is 13.1. The first-order valence-electron chi connectivity index (χ1n) is 13.7. The van der Waals surface area contributed by atoms with Crippen molar-refractivity contribution in [1.82, 2.24) is 4.98 Å². The van der Waals surface area contributed by atoms with Crippen molar-refractivity contribution in [1.29, 1.82) is 0 Å². The number of nitrogens with zero attached hydrogens (tertiary/aromatic N) is 1. The summed E-state index contributed by atoms with van der Waals surface area (Å²) >= 11 is 0. The van der Waals surface area contributed by atoms with E-state index in [-0.39, 0.29) is 24.1 Å². The van der Waals surface area contributed by atoms with Crippen LogP contribution in [0.2, 0.25) is 0 Å². The highest BCUT2D eigenvalue weighted by Crippen LogP contribution is 2.38. The van der Waals surface area contributed by atoms with Gasteiger partial charge in [-0.3, -0.25) is 9.78 Å². The van der Waals surface area contributed by atoms with Crippen LogP contribution in [0, 0.1) is 5.82 Å². The lowest BCUT2D eigenvalue weighted by molar-refractivity contribution is -0.139. The predicted molar refractivity (Wildman–Crippen MR) is 150 cm³/mol. The maximum atomic E-state index is 13.9. The van der Waals surface area contributed by atoms with E-state index < -0.39 is 24.6 Å². The molecule has 1 heterocycles. The van der Waals surface area contributed by atoms with Crippen LogP contribution in [0.25, 0.3) is 17.2 Å². The van der Waals surface area contributed by atoms with E-state index in [0.29, 0.717) is 13.2 Å². The number of pyridine rings is 1. The largest absolute Gasteiger partial charge is 0.481 e. The molecule has 210 valence electrons. The zero-order valence-electron chi connectivity index (χ0n) is 23.4. The number of benzene rings is 1. The van der Waals surface area contributed by atoms with Crippen LogP contribution in [-0.4, -0.2) is 45.1 Å². The van der Waals surface area contributed by atoms with Crippen LogP contribution in [0.3, 0.4) is 0 Å². The summed E-state index contributed by atoms with van der Waals surface area (Å²) in [7, 11) is 0. The smallest absolute Gasteiger partial charge is 0.305 e. The zero-order valence-corrected chi connectivity index (χ0v) is 23.4. The second-order valence-corrected chi connectivity index (χ2v) is 10.5. The molecule has 1 aromatic heterocycles. The first-order valence-corrected chi connectivity index (χ1v) is 13.7. The molecule has 2 aromatic rings. The van der Waals surface area contributed by atoms with Crippen molar-refractivity contribution in [2.45, 2.75) is 104 Å². The summed E-state index contributed by atoms with van der Waals surface area (Å²) in [5.74, 6) is -1.27.